The number of phosphoric ester groups is 1. The summed E-state index contributed by atoms with van der Waals surface area (Å²) in [4.78, 5) is 26.0. The lowest BCUT2D eigenvalue weighted by molar-refractivity contribution is -0.870. The van der Waals surface area contributed by atoms with E-state index in [1.54, 1.807) is 0 Å². The lowest BCUT2D eigenvalue weighted by atomic mass is 10.4. The van der Waals surface area contributed by atoms with Crippen LogP contribution in [0, 0.1) is 0 Å². The normalized spacial score (nSPS) is 13.5. The molecular formula is C8H20NO8P. The van der Waals surface area contributed by atoms with Crippen molar-refractivity contribution in [3.63, 3.8) is 0 Å². The molecule has 9 nitrogen and oxygen atoms in total. The zero-order valence-corrected chi connectivity index (χ0v) is 11.4. The number of carboxylic acids is 1. The molecular weight excluding hydrogens is 269 g/mol. The zero-order valence-electron chi connectivity index (χ0n) is 10.5. The Balaban J connectivity index is 0. The first-order chi connectivity index (χ1) is 7.93. The standard InChI is InChI=1S/C5H14NO.C3H7O7P/c1-6(2,3)4-5-7;4-1-2(3(5)6)10-11(7,8)9/h7H,4-5H2,1-3H3;2,4H,1H2,(H,5,6)(H2,7,8,9)/q+1;/p-1. The molecule has 1 unspecified atom stereocenters. The van der Waals surface area contributed by atoms with Gasteiger partial charge in [-0.05, 0) is 0 Å². The van der Waals surface area contributed by atoms with Gasteiger partial charge in [0.15, 0.2) is 0 Å². The van der Waals surface area contributed by atoms with Crippen LogP contribution in [-0.2, 0) is 13.9 Å². The topological polar surface area (TPSA) is 147 Å². The van der Waals surface area contributed by atoms with Gasteiger partial charge in [-0.15, -0.1) is 0 Å². The second kappa shape index (κ2) is 8.54. The van der Waals surface area contributed by atoms with Crippen molar-refractivity contribution in [2.45, 2.75) is 6.10 Å². The molecule has 0 amide bonds. The van der Waals surface area contributed by atoms with Gasteiger partial charge in [-0.2, -0.15) is 0 Å². The summed E-state index contributed by atoms with van der Waals surface area (Å²) in [6.45, 7) is 0.0664. The Kier molecular flexibility index (Phi) is 9.39. The van der Waals surface area contributed by atoms with E-state index < -0.39 is 26.5 Å². The van der Waals surface area contributed by atoms with Crippen molar-refractivity contribution in [2.24, 2.45) is 0 Å². The van der Waals surface area contributed by atoms with Crippen molar-refractivity contribution in [1.29, 1.82) is 0 Å². The molecule has 0 aromatic carbocycles. The Morgan fingerprint density at radius 3 is 1.83 bits per heavy atom. The largest absolute Gasteiger partial charge is 0.547 e. The highest BCUT2D eigenvalue weighted by molar-refractivity contribution is 7.46. The third-order valence-corrected chi connectivity index (χ3v) is 1.99. The molecule has 0 aliphatic heterocycles. The number of carbonyl (C=O) groups excluding carboxylic acids is 1. The van der Waals surface area contributed by atoms with Crippen LogP contribution in [0.25, 0.3) is 0 Å². The average molecular weight is 289 g/mol. The fraction of sp³-hybridized carbons (Fsp3) is 0.875. The minimum absolute atomic E-state index is 0.281. The highest BCUT2D eigenvalue weighted by Gasteiger charge is 2.22. The molecule has 0 aromatic heterocycles. The van der Waals surface area contributed by atoms with Crippen LogP contribution in [0.1, 0.15) is 0 Å². The van der Waals surface area contributed by atoms with E-state index in [-0.39, 0.29) is 6.61 Å². The monoisotopic (exact) mass is 289 g/mol. The minimum Gasteiger partial charge on any atom is -0.547 e. The van der Waals surface area contributed by atoms with Gasteiger partial charge in [-0.25, -0.2) is 4.57 Å². The van der Waals surface area contributed by atoms with Gasteiger partial charge in [0.25, 0.3) is 0 Å². The molecule has 0 aliphatic rings. The number of quaternary nitrogens is 1. The van der Waals surface area contributed by atoms with Crippen molar-refractivity contribution in [3.8, 4) is 0 Å². The molecule has 0 saturated heterocycles. The van der Waals surface area contributed by atoms with Gasteiger partial charge in [-0.1, -0.05) is 0 Å². The maximum Gasteiger partial charge on any atom is 0.470 e. The minimum atomic E-state index is -4.87. The maximum absolute atomic E-state index is 9.98. The van der Waals surface area contributed by atoms with E-state index in [0.29, 0.717) is 0 Å². The molecule has 18 heavy (non-hydrogen) atoms. The van der Waals surface area contributed by atoms with Crippen molar-refractivity contribution in [3.05, 3.63) is 0 Å². The van der Waals surface area contributed by atoms with Crippen molar-refractivity contribution < 1.29 is 43.5 Å². The quantitative estimate of drug-likeness (QED) is 0.297. The predicted octanol–water partition coefficient (Wildman–Crippen LogP) is -3.11. The Morgan fingerprint density at radius 1 is 1.33 bits per heavy atom. The first-order valence-electron chi connectivity index (χ1n) is 4.90. The van der Waals surface area contributed by atoms with Crippen molar-refractivity contribution >= 4 is 13.8 Å². The first kappa shape index (κ1) is 19.8. The van der Waals surface area contributed by atoms with Crippen LogP contribution in [0.2, 0.25) is 0 Å². The molecule has 4 N–H and O–H groups in total. The fourth-order valence-corrected chi connectivity index (χ4v) is 1.10. The summed E-state index contributed by atoms with van der Waals surface area (Å²) in [6.07, 6.45) is -1.99. The van der Waals surface area contributed by atoms with Crippen LogP contribution in [0.5, 0.6) is 0 Å². The summed E-state index contributed by atoms with van der Waals surface area (Å²) >= 11 is 0. The Bertz CT molecular complexity index is 283. The molecule has 10 heteroatoms. The molecule has 0 heterocycles. The summed E-state index contributed by atoms with van der Waals surface area (Å²) in [5.74, 6) is -1.88. The zero-order chi connectivity index (χ0) is 15.0. The Hall–Kier alpha value is -0.540. The van der Waals surface area contributed by atoms with Crippen LogP contribution in [0.3, 0.4) is 0 Å². The molecule has 0 aromatic rings. The highest BCUT2D eigenvalue weighted by atomic mass is 31.2. The van der Waals surface area contributed by atoms with Gasteiger partial charge in [0.1, 0.15) is 12.6 Å². The number of hydrogen-bond donors (Lipinski definition) is 4. The van der Waals surface area contributed by atoms with Crippen molar-refractivity contribution in [2.75, 3.05) is 40.9 Å². The van der Waals surface area contributed by atoms with Gasteiger partial charge < -0.3 is 34.4 Å². The number of nitrogens with zero attached hydrogens (tertiary/aromatic N) is 1. The smallest absolute Gasteiger partial charge is 0.470 e. The van der Waals surface area contributed by atoms with Crippen LogP contribution in [-0.4, -0.2) is 77.5 Å². The third kappa shape index (κ3) is 15.5. The summed E-state index contributed by atoms with van der Waals surface area (Å²) in [7, 11) is 1.28. The van der Waals surface area contributed by atoms with Crippen LogP contribution in [0.15, 0.2) is 0 Å². The van der Waals surface area contributed by atoms with Gasteiger partial charge >= 0.3 is 7.82 Å². The van der Waals surface area contributed by atoms with E-state index >= 15 is 0 Å². The number of rotatable bonds is 6. The van der Waals surface area contributed by atoms with E-state index in [9.17, 15) is 14.5 Å². The second-order valence-electron chi connectivity index (χ2n) is 4.32. The molecule has 0 fully saturated rings. The molecule has 0 bridgehead atoms. The van der Waals surface area contributed by atoms with E-state index in [4.69, 9.17) is 20.0 Å². The maximum atomic E-state index is 9.98. The summed E-state index contributed by atoms with van der Waals surface area (Å²) in [5, 5.41) is 26.4. The third-order valence-electron chi connectivity index (χ3n) is 1.46. The fourth-order valence-electron chi connectivity index (χ4n) is 0.617. The lowest BCUT2D eigenvalue weighted by Crippen LogP contribution is -2.39. The van der Waals surface area contributed by atoms with Crippen LogP contribution in [0.4, 0.5) is 0 Å². The molecule has 1 atom stereocenters. The predicted molar refractivity (Wildman–Crippen MR) is 59.0 cm³/mol. The molecule has 110 valence electrons. The average Bonchev–Trinajstić information content (AvgIpc) is 2.11. The molecule has 0 spiro atoms. The van der Waals surface area contributed by atoms with E-state index in [2.05, 4.69) is 25.7 Å². The van der Waals surface area contributed by atoms with Gasteiger partial charge in [0.2, 0.25) is 0 Å². The summed E-state index contributed by atoms with van der Waals surface area (Å²) in [5.41, 5.74) is 0. The van der Waals surface area contributed by atoms with E-state index in [0.717, 1.165) is 11.0 Å². The number of aliphatic hydroxyl groups is 2. The van der Waals surface area contributed by atoms with Gasteiger partial charge in [-0.3, -0.25) is 4.52 Å². The molecule has 0 saturated carbocycles. The Morgan fingerprint density at radius 2 is 1.78 bits per heavy atom. The molecule has 0 aliphatic carbocycles. The number of phosphoric acid groups is 1. The molecule has 0 radical (unpaired) electrons. The van der Waals surface area contributed by atoms with Gasteiger partial charge in [0.05, 0.1) is 40.3 Å². The summed E-state index contributed by atoms with van der Waals surface area (Å²) in [6, 6.07) is 0. The first-order valence-corrected chi connectivity index (χ1v) is 6.43. The van der Waals surface area contributed by atoms with E-state index in [1.165, 1.54) is 0 Å². The number of carbonyl (C=O) groups is 1. The van der Waals surface area contributed by atoms with Crippen LogP contribution >= 0.6 is 7.82 Å². The SMILES string of the molecule is C[N+](C)(C)CCO.O=C([O-])C(CO)OP(=O)(O)O. The lowest BCUT2D eigenvalue weighted by Gasteiger charge is -2.21. The summed E-state index contributed by atoms with van der Waals surface area (Å²) < 4.78 is 14.4. The van der Waals surface area contributed by atoms with Crippen molar-refractivity contribution in [1.82, 2.24) is 0 Å². The highest BCUT2D eigenvalue weighted by Crippen LogP contribution is 2.37. The number of carboxylic acid groups (broad SMARTS) is 1. The van der Waals surface area contributed by atoms with Crippen LogP contribution < -0.4 is 5.11 Å². The number of aliphatic carboxylic acids is 1. The second-order valence-corrected chi connectivity index (χ2v) is 5.52. The van der Waals surface area contributed by atoms with E-state index in [1.807, 2.05) is 0 Å². The van der Waals surface area contributed by atoms with Gasteiger partial charge in [0, 0.05) is 0 Å². The number of likely N-dealkylation sites (N-methyl/N-ethyl adjacent to an activating group) is 1. The molecule has 0 rings (SSSR count). The number of aliphatic hydroxyl groups excluding tert-OH is 2. The Labute approximate surface area is 105 Å². The number of hydrogen-bond acceptors (Lipinski definition) is 6.